The number of rotatable bonds is 9. The summed E-state index contributed by atoms with van der Waals surface area (Å²) in [6, 6.07) is 9.18. The van der Waals surface area contributed by atoms with Crippen molar-refractivity contribution in [3.63, 3.8) is 0 Å². The maximum atomic E-state index is 12.4. The molecule has 1 heterocycles. The van der Waals surface area contributed by atoms with Crippen molar-refractivity contribution < 1.29 is 17.9 Å². The molecule has 7 nitrogen and oxygen atoms in total. The molecule has 1 aromatic heterocycles. The van der Waals surface area contributed by atoms with Gasteiger partial charge in [-0.1, -0.05) is 0 Å². The largest absolute Gasteiger partial charge is 0.494 e. The Hall–Kier alpha value is -2.45. The Labute approximate surface area is 154 Å². The van der Waals surface area contributed by atoms with Gasteiger partial charge in [0.25, 0.3) is 10.0 Å². The van der Waals surface area contributed by atoms with Crippen LogP contribution in [0.3, 0.4) is 0 Å². The molecule has 0 radical (unpaired) electrons. The number of aromatic nitrogens is 1. The molecule has 26 heavy (non-hydrogen) atoms. The highest BCUT2D eigenvalue weighted by Gasteiger charge is 2.15. The van der Waals surface area contributed by atoms with E-state index < -0.39 is 10.0 Å². The summed E-state index contributed by atoms with van der Waals surface area (Å²) in [5, 5.41) is 0. The van der Waals surface area contributed by atoms with Crippen LogP contribution in [0, 0.1) is 0 Å². The summed E-state index contributed by atoms with van der Waals surface area (Å²) in [5.41, 5.74) is 0.420. The van der Waals surface area contributed by atoms with Crippen molar-refractivity contribution in [1.29, 1.82) is 0 Å². The van der Waals surface area contributed by atoms with Gasteiger partial charge < -0.3 is 9.64 Å². The normalized spacial score (nSPS) is 11.4. The molecule has 1 N–H and O–H groups in total. The molecule has 8 heteroatoms. The van der Waals surface area contributed by atoms with Crippen LogP contribution in [0.1, 0.15) is 23.7 Å². The lowest BCUT2D eigenvalue weighted by Gasteiger charge is -2.11. The second-order valence-electron chi connectivity index (χ2n) is 6.07. The maximum absolute atomic E-state index is 12.4. The zero-order valence-corrected chi connectivity index (χ0v) is 15.9. The minimum atomic E-state index is -3.76. The molecule has 0 aliphatic carbocycles. The number of pyridine rings is 1. The van der Waals surface area contributed by atoms with Gasteiger partial charge in [0.2, 0.25) is 0 Å². The SMILES string of the molecule is CC(=O)c1ccc(NS(=O)(=O)c2ccc(OCCCN(C)C)cc2)nc1. The Morgan fingerprint density at radius 3 is 2.38 bits per heavy atom. The molecule has 2 rings (SSSR count). The Morgan fingerprint density at radius 1 is 1.15 bits per heavy atom. The van der Waals surface area contributed by atoms with Gasteiger partial charge in [0.1, 0.15) is 11.6 Å². The van der Waals surface area contributed by atoms with E-state index in [0.717, 1.165) is 13.0 Å². The molecule has 0 amide bonds. The number of sulfonamides is 1. The summed E-state index contributed by atoms with van der Waals surface area (Å²) in [4.78, 5) is 17.4. The van der Waals surface area contributed by atoms with E-state index >= 15 is 0 Å². The van der Waals surface area contributed by atoms with E-state index in [2.05, 4.69) is 14.6 Å². The number of benzene rings is 1. The highest BCUT2D eigenvalue weighted by atomic mass is 32.2. The number of hydrogen-bond acceptors (Lipinski definition) is 6. The van der Waals surface area contributed by atoms with Crippen LogP contribution in [0.15, 0.2) is 47.5 Å². The maximum Gasteiger partial charge on any atom is 0.263 e. The second-order valence-corrected chi connectivity index (χ2v) is 7.75. The lowest BCUT2D eigenvalue weighted by molar-refractivity contribution is 0.101. The smallest absolute Gasteiger partial charge is 0.263 e. The third kappa shape index (κ3) is 5.82. The number of Topliss-reactive ketones (excluding diaryl/α,β-unsaturated/α-hetero) is 1. The molecular formula is C18H23N3O4S. The number of nitrogens with zero attached hydrogens (tertiary/aromatic N) is 2. The van der Waals surface area contributed by atoms with Crippen molar-refractivity contribution in [2.45, 2.75) is 18.2 Å². The van der Waals surface area contributed by atoms with Gasteiger partial charge in [-0.3, -0.25) is 9.52 Å². The van der Waals surface area contributed by atoms with E-state index in [-0.39, 0.29) is 16.5 Å². The van der Waals surface area contributed by atoms with Crippen LogP contribution in [0.2, 0.25) is 0 Å². The van der Waals surface area contributed by atoms with Gasteiger partial charge in [-0.15, -0.1) is 0 Å². The van der Waals surface area contributed by atoms with Crippen LogP contribution >= 0.6 is 0 Å². The van der Waals surface area contributed by atoms with Crippen molar-refractivity contribution in [3.8, 4) is 5.75 Å². The van der Waals surface area contributed by atoms with Crippen LogP contribution < -0.4 is 9.46 Å². The molecule has 0 saturated heterocycles. The summed E-state index contributed by atoms with van der Waals surface area (Å²) in [6.45, 7) is 2.91. The van der Waals surface area contributed by atoms with E-state index in [4.69, 9.17) is 4.74 Å². The van der Waals surface area contributed by atoms with Crippen LogP contribution in [0.5, 0.6) is 5.75 Å². The Kier molecular flexibility index (Phi) is 6.70. The molecule has 0 aliphatic heterocycles. The molecule has 0 aliphatic rings. The van der Waals surface area contributed by atoms with E-state index in [9.17, 15) is 13.2 Å². The molecule has 0 atom stereocenters. The third-order valence-corrected chi connectivity index (χ3v) is 4.93. The summed E-state index contributed by atoms with van der Waals surface area (Å²) in [6.07, 6.45) is 2.22. The molecule has 0 unspecified atom stereocenters. The van der Waals surface area contributed by atoms with Crippen LogP contribution in [0.25, 0.3) is 0 Å². The standard InChI is InChI=1S/C18H23N3O4S/c1-14(22)15-5-10-18(19-13-15)20-26(23,24)17-8-6-16(7-9-17)25-12-4-11-21(2)3/h5-10,13H,4,11-12H2,1-3H3,(H,19,20). The average Bonchev–Trinajstić information content (AvgIpc) is 2.59. The Morgan fingerprint density at radius 2 is 1.85 bits per heavy atom. The lowest BCUT2D eigenvalue weighted by atomic mass is 10.2. The van der Waals surface area contributed by atoms with Gasteiger partial charge >= 0.3 is 0 Å². The van der Waals surface area contributed by atoms with Crippen LogP contribution in [0.4, 0.5) is 5.82 Å². The number of nitrogens with one attached hydrogen (secondary N) is 1. The number of ether oxygens (including phenoxy) is 1. The third-order valence-electron chi connectivity index (χ3n) is 3.56. The predicted octanol–water partition coefficient (Wildman–Crippen LogP) is 2.42. The highest BCUT2D eigenvalue weighted by Crippen LogP contribution is 2.19. The van der Waals surface area contributed by atoms with Crippen molar-refractivity contribution in [3.05, 3.63) is 48.2 Å². The van der Waals surface area contributed by atoms with Gasteiger partial charge in [-0.05, 0) is 63.8 Å². The van der Waals surface area contributed by atoms with Gasteiger partial charge in [-0.2, -0.15) is 0 Å². The fraction of sp³-hybridized carbons (Fsp3) is 0.333. The summed E-state index contributed by atoms with van der Waals surface area (Å²) < 4.78 is 32.8. The number of ketones is 1. The van der Waals surface area contributed by atoms with Crippen LogP contribution in [-0.2, 0) is 10.0 Å². The van der Waals surface area contributed by atoms with Crippen molar-refractivity contribution in [2.75, 3.05) is 32.0 Å². The molecule has 0 fully saturated rings. The molecule has 0 saturated carbocycles. The van der Waals surface area contributed by atoms with Crippen LogP contribution in [-0.4, -0.2) is 51.3 Å². The van der Waals surface area contributed by atoms with Crippen molar-refractivity contribution in [1.82, 2.24) is 9.88 Å². The fourth-order valence-electron chi connectivity index (χ4n) is 2.14. The first kappa shape index (κ1) is 19.9. The molecule has 2 aromatic rings. The zero-order valence-electron chi connectivity index (χ0n) is 15.1. The van der Waals surface area contributed by atoms with Gasteiger partial charge in [0.15, 0.2) is 5.78 Å². The summed E-state index contributed by atoms with van der Waals surface area (Å²) in [7, 11) is 0.231. The van der Waals surface area contributed by atoms with E-state index in [1.807, 2.05) is 14.1 Å². The van der Waals surface area contributed by atoms with Gasteiger partial charge in [-0.25, -0.2) is 13.4 Å². The van der Waals surface area contributed by atoms with Crippen molar-refractivity contribution in [2.24, 2.45) is 0 Å². The van der Waals surface area contributed by atoms with Gasteiger partial charge in [0.05, 0.1) is 11.5 Å². The first-order valence-electron chi connectivity index (χ1n) is 8.15. The first-order chi connectivity index (χ1) is 12.3. The second kappa shape index (κ2) is 8.77. The fourth-order valence-corrected chi connectivity index (χ4v) is 3.15. The van der Waals surface area contributed by atoms with E-state index in [0.29, 0.717) is 17.9 Å². The van der Waals surface area contributed by atoms with Crippen molar-refractivity contribution >= 4 is 21.6 Å². The summed E-state index contributed by atoms with van der Waals surface area (Å²) in [5.74, 6) is 0.638. The molecule has 1 aromatic carbocycles. The molecular weight excluding hydrogens is 354 g/mol. The monoisotopic (exact) mass is 377 g/mol. The average molecular weight is 377 g/mol. The minimum Gasteiger partial charge on any atom is -0.494 e. The molecule has 140 valence electrons. The predicted molar refractivity (Wildman–Crippen MR) is 100 cm³/mol. The Bertz CT molecular complexity index is 832. The van der Waals surface area contributed by atoms with E-state index in [1.54, 1.807) is 12.1 Å². The van der Waals surface area contributed by atoms with E-state index in [1.165, 1.54) is 37.4 Å². The quantitative estimate of drug-likeness (QED) is 0.533. The Balaban J connectivity index is 1.99. The lowest BCUT2D eigenvalue weighted by Crippen LogP contribution is -2.15. The number of carbonyl (C=O) groups excluding carboxylic acids is 1. The topological polar surface area (TPSA) is 88.6 Å². The highest BCUT2D eigenvalue weighted by molar-refractivity contribution is 7.92. The molecule has 0 bridgehead atoms. The number of hydrogen-bond donors (Lipinski definition) is 1. The molecule has 0 spiro atoms. The number of carbonyl (C=O) groups is 1. The van der Waals surface area contributed by atoms with Gasteiger partial charge in [0, 0.05) is 18.3 Å². The number of anilines is 1. The minimum absolute atomic E-state index is 0.107. The summed E-state index contributed by atoms with van der Waals surface area (Å²) >= 11 is 0. The first-order valence-corrected chi connectivity index (χ1v) is 9.63. The zero-order chi connectivity index (χ0) is 19.2.